The Kier molecular flexibility index (Phi) is 19.6. The van der Waals surface area contributed by atoms with Crippen LogP contribution >= 0.6 is 0 Å². The summed E-state index contributed by atoms with van der Waals surface area (Å²) in [5, 5.41) is 13.8. The van der Waals surface area contributed by atoms with Crippen LogP contribution in [0.1, 0.15) is 168 Å². The summed E-state index contributed by atoms with van der Waals surface area (Å²) in [6.07, 6.45) is -8.34. The van der Waals surface area contributed by atoms with Crippen LogP contribution in [0.3, 0.4) is 0 Å². The zero-order valence-electron chi connectivity index (χ0n) is 52.5. The second-order valence-electron chi connectivity index (χ2n) is 27.4. The molecule has 0 unspecified atom stereocenters. The van der Waals surface area contributed by atoms with Crippen LogP contribution in [0.25, 0.3) is 0 Å². The Labute approximate surface area is 503 Å². The molecule has 2 N–H and O–H groups in total. The number of amides is 1. The Balaban J connectivity index is 1.10. The molecule has 86 heavy (non-hydrogen) atoms. The quantitative estimate of drug-likeness (QED) is 0.0760. The molecule has 5 aliphatic carbocycles. The van der Waals surface area contributed by atoms with Gasteiger partial charge in [-0.2, -0.15) is 0 Å². The van der Waals surface area contributed by atoms with Gasteiger partial charge in [0.15, 0.2) is 67.7 Å². The zero-order valence-corrected chi connectivity index (χ0v) is 52.5. The van der Waals surface area contributed by atoms with Gasteiger partial charge in [-0.25, -0.2) is 0 Å². The Bertz CT molecular complexity index is 2660. The van der Waals surface area contributed by atoms with Crippen LogP contribution in [0.2, 0.25) is 0 Å². The number of carbonyl (C=O) groups is 9. The predicted octanol–water partition coefficient (Wildman–Crippen LogP) is 6.12. The zero-order chi connectivity index (χ0) is 63.4. The number of allylic oxidation sites excluding steroid dienone is 2. The SMILES string of the molecule is CC(=O)N[C@H]1[C@H](O[C@H]2CC[C@]3(C)[C@H]4CC=C5[C@@H]6CC(C)(C)CC[C@]6(C(=O)O)CC[C@@]5(C)[C@]4(C)CC[C@H]3C2(C)C)O[C@H](CO[C@@H]2OC[C@H](OC(C)=O)[C@H](OC(C)=O)[C@H]2O[C@@H]2OC[C@H](OC(C)=O)[C@H](OC(C)=O)[C@H]2OC(C)=O)[C@@H](OC(C)=O)[C@@H]1OC(C)=O. The highest BCUT2D eigenvalue weighted by Gasteiger charge is 2.70. The minimum atomic E-state index is -1.71. The van der Waals surface area contributed by atoms with Crippen molar-refractivity contribution in [3.05, 3.63) is 11.6 Å². The average Bonchev–Trinajstić information content (AvgIpc) is 0.680. The van der Waals surface area contributed by atoms with E-state index in [-0.39, 0.29) is 39.4 Å². The van der Waals surface area contributed by atoms with Crippen molar-refractivity contribution in [1.82, 2.24) is 5.32 Å². The van der Waals surface area contributed by atoms with E-state index in [0.29, 0.717) is 19.3 Å². The average molecular weight is 1220 g/mol. The van der Waals surface area contributed by atoms with Gasteiger partial charge in [0.2, 0.25) is 5.91 Å². The van der Waals surface area contributed by atoms with Crippen molar-refractivity contribution in [3.63, 3.8) is 0 Å². The fourth-order valence-corrected chi connectivity index (χ4v) is 17.1. The van der Waals surface area contributed by atoms with E-state index in [2.05, 4.69) is 59.9 Å². The molecule has 0 spiro atoms. The van der Waals surface area contributed by atoms with Crippen LogP contribution in [0.5, 0.6) is 0 Å². The number of rotatable bonds is 16. The van der Waals surface area contributed by atoms with Gasteiger partial charge in [-0.1, -0.05) is 60.1 Å². The standard InChI is InChI=1S/C62H91NO23/c1-30(64)63-46-50(82-36(7)70)47(79-33(4)67)42(29-75-54-51(48(80-34(5)68)40(27-74-54)77-31(2)65)86-55-52(83-37(8)71)49(81-35(6)69)41(28-76-55)78-32(3)66)84-53(46)85-45-19-20-59(13)43(58(45,11)12)18-21-61(15)44(59)17-16-38-39-26-57(9,10)22-24-62(39,56(72)73)25-23-60(38,61)14/h16,39-55H,17-29H2,1-15H3,(H,63,64)(H,72,73)/t39-,40-,41-,42+,43-,44+,45-,46+,47+,48-,49-,50+,51+,52+,53-,54-,55-,59-,60+,61+,62-/m0/s1. The van der Waals surface area contributed by atoms with Gasteiger partial charge in [-0.3, -0.25) is 43.2 Å². The molecule has 0 aromatic rings. The van der Waals surface area contributed by atoms with Gasteiger partial charge in [0, 0.05) is 55.4 Å². The Morgan fingerprint density at radius 2 is 1.08 bits per heavy atom. The summed E-state index contributed by atoms with van der Waals surface area (Å²) in [5.74, 6) is -6.63. The van der Waals surface area contributed by atoms with Gasteiger partial charge in [0.05, 0.1) is 31.3 Å². The summed E-state index contributed by atoms with van der Waals surface area (Å²) < 4.78 is 78.9. The second-order valence-corrected chi connectivity index (χ2v) is 27.4. The lowest BCUT2D eigenvalue weighted by Gasteiger charge is -2.71. The number of hydrogen-bond donors (Lipinski definition) is 2. The Hall–Kier alpha value is -5.27. The van der Waals surface area contributed by atoms with Crippen molar-refractivity contribution in [2.24, 2.45) is 50.2 Å². The summed E-state index contributed by atoms with van der Waals surface area (Å²) in [6, 6.07) is -1.26. The summed E-state index contributed by atoms with van der Waals surface area (Å²) in [4.78, 5) is 116. The number of hydrogen-bond acceptors (Lipinski definition) is 22. The number of nitrogens with one attached hydrogen (secondary N) is 1. The maximum absolute atomic E-state index is 13.3. The molecule has 0 aromatic carbocycles. The van der Waals surface area contributed by atoms with Crippen molar-refractivity contribution in [1.29, 1.82) is 0 Å². The third-order valence-corrected chi connectivity index (χ3v) is 20.9. The first kappa shape index (κ1) is 66.7. The number of ether oxygens (including phenoxy) is 13. The molecular weight excluding hydrogens is 1130 g/mol. The molecule has 8 rings (SSSR count). The first-order chi connectivity index (χ1) is 40.1. The van der Waals surface area contributed by atoms with Gasteiger partial charge in [-0.05, 0) is 109 Å². The number of carboxylic acids is 1. The first-order valence-electron chi connectivity index (χ1n) is 30.3. The molecular formula is C62H91NO23. The lowest BCUT2D eigenvalue weighted by Crippen LogP contribution is -2.68. The summed E-state index contributed by atoms with van der Waals surface area (Å²) in [6.45, 7) is 23.8. The first-order valence-corrected chi connectivity index (χ1v) is 30.3. The third kappa shape index (κ3) is 13.1. The maximum Gasteiger partial charge on any atom is 0.310 e. The van der Waals surface area contributed by atoms with Gasteiger partial charge >= 0.3 is 47.8 Å². The minimum Gasteiger partial charge on any atom is -0.481 e. The van der Waals surface area contributed by atoms with E-state index in [1.165, 1.54) is 12.5 Å². The molecule has 24 heteroatoms. The summed E-state index contributed by atoms with van der Waals surface area (Å²) in [5.41, 5.74) is -0.452. The monoisotopic (exact) mass is 1220 g/mol. The summed E-state index contributed by atoms with van der Waals surface area (Å²) in [7, 11) is 0. The highest BCUT2D eigenvalue weighted by molar-refractivity contribution is 5.77. The van der Waals surface area contributed by atoms with Gasteiger partial charge in [0.1, 0.15) is 12.1 Å². The second kappa shape index (κ2) is 25.3. The fraction of sp³-hybridized carbons (Fsp3) is 0.823. The van der Waals surface area contributed by atoms with Crippen molar-refractivity contribution >= 4 is 53.7 Å². The van der Waals surface area contributed by atoms with Gasteiger partial charge in [0.25, 0.3) is 0 Å². The van der Waals surface area contributed by atoms with Crippen molar-refractivity contribution in [3.8, 4) is 0 Å². The molecule has 7 fully saturated rings. The molecule has 1 amide bonds. The van der Waals surface area contributed by atoms with Crippen molar-refractivity contribution < 1.29 is 110 Å². The molecule has 0 radical (unpaired) electrons. The highest BCUT2D eigenvalue weighted by Crippen LogP contribution is 2.76. The molecule has 8 aliphatic rings. The van der Waals surface area contributed by atoms with E-state index in [0.717, 1.165) is 93.4 Å². The normalized spacial score (nSPS) is 41.2. The van der Waals surface area contributed by atoms with Gasteiger partial charge < -0.3 is 72.0 Å². The number of carbonyl (C=O) groups excluding carboxylic acids is 8. The van der Waals surface area contributed by atoms with Crippen LogP contribution < -0.4 is 5.32 Å². The topological polar surface area (TPSA) is 306 Å². The summed E-state index contributed by atoms with van der Waals surface area (Å²) >= 11 is 0. The number of carboxylic acid groups (broad SMARTS) is 1. The minimum absolute atomic E-state index is 0.0272. The molecule has 0 aromatic heterocycles. The van der Waals surface area contributed by atoms with Crippen LogP contribution in [-0.2, 0) is 105 Å². The van der Waals surface area contributed by atoms with Crippen LogP contribution in [0, 0.1) is 50.2 Å². The highest BCUT2D eigenvalue weighted by atomic mass is 16.8. The largest absolute Gasteiger partial charge is 0.481 e. The fourth-order valence-electron chi connectivity index (χ4n) is 17.1. The smallest absolute Gasteiger partial charge is 0.310 e. The van der Waals surface area contributed by atoms with E-state index in [1.807, 2.05) is 0 Å². The molecule has 21 atom stereocenters. The van der Waals surface area contributed by atoms with E-state index < -0.39 is 170 Å². The molecule has 24 nitrogen and oxygen atoms in total. The van der Waals surface area contributed by atoms with Crippen molar-refractivity contribution in [2.75, 3.05) is 19.8 Å². The van der Waals surface area contributed by atoms with E-state index in [1.54, 1.807) is 0 Å². The van der Waals surface area contributed by atoms with Crippen LogP contribution in [0.15, 0.2) is 11.6 Å². The number of aliphatic carboxylic acids is 1. The lowest BCUT2D eigenvalue weighted by molar-refractivity contribution is -0.353. The third-order valence-electron chi connectivity index (χ3n) is 20.9. The molecule has 482 valence electrons. The molecule has 3 aliphatic heterocycles. The van der Waals surface area contributed by atoms with Crippen LogP contribution in [-0.4, -0.2) is 165 Å². The molecule has 3 saturated heterocycles. The van der Waals surface area contributed by atoms with E-state index >= 15 is 0 Å². The van der Waals surface area contributed by atoms with Crippen LogP contribution in [0.4, 0.5) is 0 Å². The number of esters is 7. The molecule has 4 saturated carbocycles. The van der Waals surface area contributed by atoms with Crippen molar-refractivity contribution in [2.45, 2.75) is 254 Å². The van der Waals surface area contributed by atoms with Gasteiger partial charge in [-0.15, -0.1) is 0 Å². The number of fused-ring (bicyclic) bond motifs is 7. The Morgan fingerprint density at radius 1 is 0.558 bits per heavy atom. The lowest BCUT2D eigenvalue weighted by atomic mass is 9.33. The predicted molar refractivity (Wildman–Crippen MR) is 297 cm³/mol. The molecule has 3 heterocycles. The molecule has 0 bridgehead atoms. The van der Waals surface area contributed by atoms with E-state index in [4.69, 9.17) is 61.6 Å². The maximum atomic E-state index is 13.3. The Morgan fingerprint density at radius 3 is 1.64 bits per heavy atom. The van der Waals surface area contributed by atoms with E-state index in [9.17, 15) is 48.3 Å².